The van der Waals surface area contributed by atoms with E-state index in [2.05, 4.69) is 13.0 Å². The summed E-state index contributed by atoms with van der Waals surface area (Å²) in [5.41, 5.74) is 5.37. The fourth-order valence-electron chi connectivity index (χ4n) is 1.46. The molecular weight excluding hydrogens is 194 g/mol. The summed E-state index contributed by atoms with van der Waals surface area (Å²) in [6.45, 7) is 2.13. The molecule has 2 rings (SSSR count). The van der Waals surface area contributed by atoms with Crippen LogP contribution in [0.5, 0.6) is 0 Å². The molecule has 0 saturated heterocycles. The van der Waals surface area contributed by atoms with E-state index in [1.165, 1.54) is 4.88 Å². The highest BCUT2D eigenvalue weighted by atomic mass is 32.1. The van der Waals surface area contributed by atoms with Crippen LogP contribution in [0.4, 0.5) is 0 Å². The molecule has 0 atom stereocenters. The number of rotatable bonds is 4. The first-order valence-electron chi connectivity index (χ1n) is 5.04. The van der Waals surface area contributed by atoms with E-state index in [0.717, 1.165) is 24.1 Å². The van der Waals surface area contributed by atoms with E-state index in [9.17, 15) is 4.79 Å². The van der Waals surface area contributed by atoms with Crippen molar-refractivity contribution in [3.05, 3.63) is 21.9 Å². The summed E-state index contributed by atoms with van der Waals surface area (Å²) in [5.74, 6) is 0.210. The number of carbonyl (C=O) groups excluding carboxylic acids is 1. The fourth-order valence-corrected chi connectivity index (χ4v) is 2.41. The Hall–Kier alpha value is -0.670. The Kier molecular flexibility index (Phi) is 2.45. The lowest BCUT2D eigenvalue weighted by Crippen LogP contribution is -2.33. The van der Waals surface area contributed by atoms with Crippen LogP contribution >= 0.6 is 11.3 Å². The normalized spacial score (nSPS) is 18.1. The molecule has 0 spiro atoms. The summed E-state index contributed by atoms with van der Waals surface area (Å²) in [4.78, 5) is 14.2. The second-order valence-corrected chi connectivity index (χ2v) is 5.23. The number of carbonyl (C=O) groups is 1. The van der Waals surface area contributed by atoms with Crippen LogP contribution in [-0.2, 0) is 17.6 Å². The van der Waals surface area contributed by atoms with Crippen molar-refractivity contribution in [2.24, 2.45) is 5.73 Å². The van der Waals surface area contributed by atoms with Crippen molar-refractivity contribution in [3.63, 3.8) is 0 Å². The molecule has 14 heavy (non-hydrogen) atoms. The van der Waals surface area contributed by atoms with E-state index >= 15 is 0 Å². The minimum absolute atomic E-state index is 0.210. The molecule has 1 aliphatic rings. The van der Waals surface area contributed by atoms with Crippen LogP contribution in [0, 0.1) is 0 Å². The molecule has 3 heteroatoms. The molecule has 0 unspecified atom stereocenters. The van der Waals surface area contributed by atoms with Crippen molar-refractivity contribution in [3.8, 4) is 0 Å². The molecule has 1 fully saturated rings. The van der Waals surface area contributed by atoms with E-state index in [4.69, 9.17) is 5.73 Å². The van der Waals surface area contributed by atoms with Crippen LogP contribution in [0.3, 0.4) is 0 Å². The number of hydrogen-bond donors (Lipinski definition) is 1. The van der Waals surface area contributed by atoms with Crippen LogP contribution < -0.4 is 5.73 Å². The van der Waals surface area contributed by atoms with Crippen LogP contribution in [0.15, 0.2) is 12.1 Å². The zero-order valence-electron chi connectivity index (χ0n) is 8.38. The second-order valence-electron chi connectivity index (χ2n) is 3.98. The van der Waals surface area contributed by atoms with Gasteiger partial charge in [-0.15, -0.1) is 11.3 Å². The number of thiophene rings is 1. The van der Waals surface area contributed by atoms with Crippen LogP contribution in [0.25, 0.3) is 0 Å². The van der Waals surface area contributed by atoms with Crippen molar-refractivity contribution in [1.82, 2.24) is 0 Å². The molecule has 76 valence electrons. The Morgan fingerprint density at radius 3 is 2.64 bits per heavy atom. The fraction of sp³-hybridized carbons (Fsp3) is 0.545. The summed E-state index contributed by atoms with van der Waals surface area (Å²) in [7, 11) is 0. The maximum atomic E-state index is 11.7. The first-order valence-corrected chi connectivity index (χ1v) is 5.85. The average molecular weight is 209 g/mol. The van der Waals surface area contributed by atoms with Crippen LogP contribution in [0.1, 0.15) is 29.5 Å². The summed E-state index contributed by atoms with van der Waals surface area (Å²) >= 11 is 1.73. The first-order chi connectivity index (χ1) is 6.64. The molecule has 0 radical (unpaired) electrons. The maximum Gasteiger partial charge on any atom is 0.157 e. The molecule has 1 heterocycles. The van der Waals surface area contributed by atoms with Crippen molar-refractivity contribution < 1.29 is 4.79 Å². The number of nitrogens with two attached hydrogens (primary N) is 1. The molecule has 0 bridgehead atoms. The van der Waals surface area contributed by atoms with Gasteiger partial charge in [-0.25, -0.2) is 0 Å². The van der Waals surface area contributed by atoms with Gasteiger partial charge in [-0.3, -0.25) is 4.79 Å². The summed E-state index contributed by atoms with van der Waals surface area (Å²) in [6.07, 6.45) is 3.32. The summed E-state index contributed by atoms with van der Waals surface area (Å²) in [6, 6.07) is 4.15. The van der Waals surface area contributed by atoms with Gasteiger partial charge in [0.25, 0.3) is 0 Å². The number of aryl methyl sites for hydroxylation is 1. The van der Waals surface area contributed by atoms with Crippen molar-refractivity contribution in [1.29, 1.82) is 0 Å². The Balaban J connectivity index is 2.00. The van der Waals surface area contributed by atoms with Crippen LogP contribution in [0.2, 0.25) is 0 Å². The Labute approximate surface area is 88.1 Å². The molecular formula is C11H15NOS. The Morgan fingerprint density at radius 1 is 1.50 bits per heavy atom. The third kappa shape index (κ3) is 1.88. The minimum atomic E-state index is -0.462. The zero-order valence-corrected chi connectivity index (χ0v) is 9.19. The van der Waals surface area contributed by atoms with Gasteiger partial charge >= 0.3 is 0 Å². The molecule has 2 N–H and O–H groups in total. The van der Waals surface area contributed by atoms with E-state index < -0.39 is 5.54 Å². The van der Waals surface area contributed by atoms with Gasteiger partial charge in [0.15, 0.2) is 5.78 Å². The van der Waals surface area contributed by atoms with Gasteiger partial charge in [0.05, 0.1) is 5.54 Å². The Morgan fingerprint density at radius 2 is 2.14 bits per heavy atom. The first kappa shape index (κ1) is 9.87. The molecule has 0 amide bonds. The predicted octanol–water partition coefficient (Wildman–Crippen LogP) is 1.91. The third-order valence-corrected chi connectivity index (χ3v) is 3.97. The van der Waals surface area contributed by atoms with E-state index in [-0.39, 0.29) is 5.78 Å². The van der Waals surface area contributed by atoms with Crippen molar-refractivity contribution in [2.45, 2.75) is 38.1 Å². The molecule has 1 aromatic rings. The van der Waals surface area contributed by atoms with E-state index in [0.29, 0.717) is 6.42 Å². The lowest BCUT2D eigenvalue weighted by atomic mass is 10.1. The largest absolute Gasteiger partial charge is 0.319 e. The third-order valence-electron chi connectivity index (χ3n) is 2.74. The highest BCUT2D eigenvalue weighted by Gasteiger charge is 2.45. The lowest BCUT2D eigenvalue weighted by Gasteiger charge is -2.04. The standard InChI is InChI=1S/C11H15NOS/c1-2-8-3-4-9(14-8)7-10(13)11(12)5-6-11/h3-4H,2,5-7,12H2,1H3. The highest BCUT2D eigenvalue weighted by Crippen LogP contribution is 2.34. The van der Waals surface area contributed by atoms with Gasteiger partial charge < -0.3 is 5.73 Å². The molecule has 0 aliphatic heterocycles. The van der Waals surface area contributed by atoms with Gasteiger partial charge in [0.1, 0.15) is 0 Å². The molecule has 2 nitrogen and oxygen atoms in total. The lowest BCUT2D eigenvalue weighted by molar-refractivity contribution is -0.120. The molecule has 1 saturated carbocycles. The van der Waals surface area contributed by atoms with Gasteiger partial charge in [0, 0.05) is 16.2 Å². The van der Waals surface area contributed by atoms with Gasteiger partial charge in [0.2, 0.25) is 0 Å². The maximum absolute atomic E-state index is 11.7. The number of ketones is 1. The molecule has 1 aromatic heterocycles. The number of hydrogen-bond acceptors (Lipinski definition) is 3. The average Bonchev–Trinajstić information content (AvgIpc) is 2.77. The quantitative estimate of drug-likeness (QED) is 0.823. The smallest absolute Gasteiger partial charge is 0.157 e. The van der Waals surface area contributed by atoms with Crippen molar-refractivity contribution >= 4 is 17.1 Å². The van der Waals surface area contributed by atoms with Crippen LogP contribution in [-0.4, -0.2) is 11.3 Å². The summed E-state index contributed by atoms with van der Waals surface area (Å²) in [5, 5.41) is 0. The molecule has 1 aliphatic carbocycles. The van der Waals surface area contributed by atoms with Gasteiger partial charge in [-0.1, -0.05) is 6.92 Å². The SMILES string of the molecule is CCc1ccc(CC(=O)C2(N)CC2)s1. The van der Waals surface area contributed by atoms with Gasteiger partial charge in [-0.2, -0.15) is 0 Å². The Bertz CT molecular complexity index is 352. The highest BCUT2D eigenvalue weighted by molar-refractivity contribution is 7.12. The minimum Gasteiger partial charge on any atom is -0.319 e. The van der Waals surface area contributed by atoms with E-state index in [1.807, 2.05) is 6.07 Å². The van der Waals surface area contributed by atoms with E-state index in [1.54, 1.807) is 11.3 Å². The zero-order chi connectivity index (χ0) is 10.2. The van der Waals surface area contributed by atoms with Crippen molar-refractivity contribution in [2.75, 3.05) is 0 Å². The monoisotopic (exact) mass is 209 g/mol. The molecule has 0 aromatic carbocycles. The second kappa shape index (κ2) is 3.48. The topological polar surface area (TPSA) is 43.1 Å². The summed E-state index contributed by atoms with van der Waals surface area (Å²) < 4.78 is 0. The predicted molar refractivity (Wildman–Crippen MR) is 58.6 cm³/mol. The van der Waals surface area contributed by atoms with Gasteiger partial charge in [-0.05, 0) is 31.4 Å². The number of Topliss-reactive ketones (excluding diaryl/α,β-unsaturated/α-hetero) is 1.